The summed E-state index contributed by atoms with van der Waals surface area (Å²) in [4.78, 5) is 4.70. The largest absolute Gasteiger partial charge is 0.310 e. The summed E-state index contributed by atoms with van der Waals surface area (Å²) in [5, 5.41) is -0.263. The molecule has 0 spiro atoms. The highest BCUT2D eigenvalue weighted by molar-refractivity contribution is 7.00. The van der Waals surface area contributed by atoms with E-state index in [2.05, 4.69) is 259 Å². The van der Waals surface area contributed by atoms with Crippen LogP contribution in [0.25, 0.3) is 99.5 Å². The number of nitrogens with zero attached hydrogens (tertiary/aromatic N) is 4. The first kappa shape index (κ1) is 49.7. The quantitative estimate of drug-likeness (QED) is 0.141. The molecule has 0 radical (unpaired) electrons. The zero-order valence-corrected chi connectivity index (χ0v) is 61.2. The Bertz CT molecular complexity index is 6160. The van der Waals surface area contributed by atoms with Crippen molar-refractivity contribution in [3.63, 3.8) is 0 Å². The summed E-state index contributed by atoms with van der Waals surface area (Å²) < 4.78 is 155. The minimum absolute atomic E-state index is 0.0430. The van der Waals surface area contributed by atoms with Gasteiger partial charge >= 0.3 is 0 Å². The number of hydrogen-bond acceptors (Lipinski definition) is 2. The zero-order chi connectivity index (χ0) is 85.3. The molecule has 0 saturated heterocycles. The lowest BCUT2D eigenvalue weighted by Gasteiger charge is -2.46. The molecular weight excluding hydrogens is 1240 g/mol. The molecule has 4 nitrogen and oxygen atoms in total. The molecular formula is C98H91BN4. The van der Waals surface area contributed by atoms with Gasteiger partial charge in [0, 0.05) is 77.9 Å². The molecule has 506 valence electrons. The van der Waals surface area contributed by atoms with Gasteiger partial charge in [-0.25, -0.2) is 0 Å². The van der Waals surface area contributed by atoms with Crippen molar-refractivity contribution >= 4 is 101 Å². The minimum Gasteiger partial charge on any atom is -0.310 e. The van der Waals surface area contributed by atoms with Crippen LogP contribution >= 0.6 is 0 Å². The second kappa shape index (κ2) is 23.9. The normalized spacial score (nSPS) is 15.5. The van der Waals surface area contributed by atoms with E-state index in [-0.39, 0.29) is 65.3 Å². The van der Waals surface area contributed by atoms with E-state index in [1.165, 1.54) is 0 Å². The Morgan fingerprint density at radius 3 is 0.796 bits per heavy atom. The molecule has 13 aromatic carbocycles. The van der Waals surface area contributed by atoms with Gasteiger partial charge in [-0.2, -0.15) is 0 Å². The minimum atomic E-state index is -0.754. The van der Waals surface area contributed by atoms with Gasteiger partial charge < -0.3 is 18.9 Å². The third-order valence-corrected chi connectivity index (χ3v) is 21.3. The van der Waals surface area contributed by atoms with Crippen molar-refractivity contribution in [2.45, 2.75) is 131 Å². The van der Waals surface area contributed by atoms with Crippen LogP contribution in [0, 0.1) is 0 Å². The SMILES string of the molecule is [2H]c1c([2H])c([2H])c2c(c1[2H])c1c([2H])c([2H])c([2H])c([2H])c1n2-c1ccc2c(c1)N(c1c(-c3ccc(C(C)(C)C)cc3)cccc1-c1ccc(C(C)(C)C)cc1)c1cc(C(C)(C)C)cc3c1B2c1ccc(-n2c4c([2H])c([2H])c([2H])c([2H])c4c4c([2H])c([2H])c([2H])c([2H])c42)cc1N3c1c(-c2ccc(C(C)(C)C)cc2)cccc1-c1ccc(C(C)(C)C)cc1. The van der Waals surface area contributed by atoms with Crippen LogP contribution in [0.3, 0.4) is 0 Å². The second-order valence-corrected chi connectivity index (χ2v) is 33.0. The fraction of sp³-hybridized carbons (Fsp3) is 0.204. The van der Waals surface area contributed by atoms with Crippen molar-refractivity contribution in [1.82, 2.24) is 9.13 Å². The van der Waals surface area contributed by atoms with E-state index in [0.29, 0.717) is 22.7 Å². The summed E-state index contributed by atoms with van der Waals surface area (Å²) in [7, 11) is 0. The van der Waals surface area contributed by atoms with Crippen molar-refractivity contribution < 1.29 is 21.9 Å². The first-order valence-electron chi connectivity index (χ1n) is 43.7. The average Bonchev–Trinajstić information content (AvgIpc) is 0.979. The van der Waals surface area contributed by atoms with E-state index in [4.69, 9.17) is 5.48 Å². The molecule has 103 heavy (non-hydrogen) atoms. The Kier molecular flexibility index (Phi) is 11.5. The molecule has 0 saturated carbocycles. The molecule has 4 heterocycles. The lowest BCUT2D eigenvalue weighted by molar-refractivity contribution is 0.590. The van der Waals surface area contributed by atoms with Crippen LogP contribution in [0.1, 0.15) is 154 Å². The smallest absolute Gasteiger partial charge is 0.252 e. The number of aromatic nitrogens is 2. The van der Waals surface area contributed by atoms with Crippen molar-refractivity contribution in [3.8, 4) is 55.9 Å². The molecule has 15 aromatic rings. The van der Waals surface area contributed by atoms with E-state index in [1.807, 2.05) is 36.4 Å². The Morgan fingerprint density at radius 1 is 0.272 bits per heavy atom. The van der Waals surface area contributed by atoms with Crippen LogP contribution in [0.2, 0.25) is 0 Å². The topological polar surface area (TPSA) is 16.3 Å². The average molecular weight is 1350 g/mol. The van der Waals surface area contributed by atoms with E-state index < -0.39 is 109 Å². The molecule has 2 aliphatic rings. The zero-order valence-electron chi connectivity index (χ0n) is 77.2. The number of rotatable bonds is 8. The van der Waals surface area contributed by atoms with Gasteiger partial charge in [0.15, 0.2) is 0 Å². The highest BCUT2D eigenvalue weighted by Crippen LogP contribution is 2.55. The summed E-state index contributed by atoms with van der Waals surface area (Å²) in [6, 6.07) is 56.0. The second-order valence-electron chi connectivity index (χ2n) is 33.0. The number of para-hydroxylation sites is 6. The Morgan fingerprint density at radius 2 is 0.534 bits per heavy atom. The fourth-order valence-corrected chi connectivity index (χ4v) is 15.6. The number of benzene rings is 13. The molecule has 0 atom stereocenters. The third kappa shape index (κ3) is 10.9. The third-order valence-electron chi connectivity index (χ3n) is 21.3. The Labute approximate surface area is 632 Å². The number of hydrogen-bond donors (Lipinski definition) is 0. The number of fused-ring (bicyclic) bond motifs is 10. The molecule has 0 bridgehead atoms. The maximum atomic E-state index is 9.89. The maximum Gasteiger partial charge on any atom is 0.252 e. The molecule has 0 N–H and O–H groups in total. The van der Waals surface area contributed by atoms with Crippen molar-refractivity contribution in [2.24, 2.45) is 0 Å². The molecule has 0 fully saturated rings. The molecule has 17 rings (SSSR count). The Balaban J connectivity index is 1.09. The lowest BCUT2D eigenvalue weighted by atomic mass is 9.33. The highest BCUT2D eigenvalue weighted by atomic mass is 15.2. The van der Waals surface area contributed by atoms with E-state index in [0.717, 1.165) is 111 Å². The first-order chi connectivity index (χ1) is 55.9. The number of anilines is 6. The van der Waals surface area contributed by atoms with Crippen molar-refractivity contribution in [3.05, 3.63) is 306 Å². The van der Waals surface area contributed by atoms with Crippen LogP contribution in [-0.4, -0.2) is 15.8 Å². The summed E-state index contributed by atoms with van der Waals surface area (Å²) in [6.07, 6.45) is 0. The van der Waals surface area contributed by atoms with Crippen LogP contribution in [0.5, 0.6) is 0 Å². The van der Waals surface area contributed by atoms with Gasteiger partial charge in [0.05, 0.1) is 55.4 Å². The molecule has 2 aliphatic heterocycles. The summed E-state index contributed by atoms with van der Waals surface area (Å²) in [6.45, 7) is 32.1. The lowest BCUT2D eigenvalue weighted by Crippen LogP contribution is -2.61. The van der Waals surface area contributed by atoms with Crippen molar-refractivity contribution in [2.75, 3.05) is 9.80 Å². The highest BCUT2D eigenvalue weighted by Gasteiger charge is 2.46. The first-order valence-corrected chi connectivity index (χ1v) is 35.7. The molecule has 0 amide bonds. The molecule has 0 aliphatic carbocycles. The van der Waals surface area contributed by atoms with Crippen LogP contribution in [0.15, 0.2) is 279 Å². The summed E-state index contributed by atoms with van der Waals surface area (Å²) in [5.74, 6) is 0. The van der Waals surface area contributed by atoms with E-state index in [9.17, 15) is 16.4 Å². The van der Waals surface area contributed by atoms with Gasteiger partial charge in [-0.3, -0.25) is 0 Å². The maximum absolute atomic E-state index is 9.89. The van der Waals surface area contributed by atoms with E-state index >= 15 is 0 Å². The van der Waals surface area contributed by atoms with Crippen LogP contribution in [0.4, 0.5) is 34.1 Å². The van der Waals surface area contributed by atoms with Gasteiger partial charge in [0.25, 0.3) is 6.71 Å². The van der Waals surface area contributed by atoms with Crippen LogP contribution < -0.4 is 26.2 Å². The molecule has 0 unspecified atom stereocenters. The van der Waals surface area contributed by atoms with E-state index in [1.54, 1.807) is 9.13 Å². The molecule has 5 heteroatoms. The predicted molar refractivity (Wildman–Crippen MR) is 444 cm³/mol. The van der Waals surface area contributed by atoms with Gasteiger partial charge in [-0.15, -0.1) is 0 Å². The summed E-state index contributed by atoms with van der Waals surface area (Å²) >= 11 is 0. The standard InChI is InChI=1S/C98H91BN4/c1-94(2,3)66-46-38-62(39-47-66)73-30-24-31-74(63-40-48-67(49-41-63)95(4,5)6)92(73)102-87-60-71(100-83-34-20-16-26-77(83)78-27-17-21-35-84(78)100)54-56-81(87)99-82-57-55-72(101-85-36-22-18-28-79(85)80-29-19-23-37-86(80)101)61-88(82)103(90-59-70(98(13,14)15)58-89(102)91(90)99)93-75(64-42-50-68(51-43-64)96(7,8)9)32-25-33-76(93)65-44-52-69(53-45-65)97(10,11)12/h16-61H,1-15H3/i16D,17D,18D,19D,20D,21D,22D,23D,26D,27D,28D,29D,34D,35D,36D,37D. The van der Waals surface area contributed by atoms with Gasteiger partial charge in [0.1, 0.15) is 0 Å². The fourth-order valence-electron chi connectivity index (χ4n) is 15.6. The molecule has 2 aromatic heterocycles. The monoisotopic (exact) mass is 1350 g/mol. The predicted octanol–water partition coefficient (Wildman–Crippen LogP) is 25.1. The van der Waals surface area contributed by atoms with Crippen LogP contribution in [-0.2, 0) is 27.1 Å². The van der Waals surface area contributed by atoms with Gasteiger partial charge in [-0.1, -0.05) is 322 Å². The van der Waals surface area contributed by atoms with Gasteiger partial charge in [-0.05, 0) is 154 Å². The van der Waals surface area contributed by atoms with Gasteiger partial charge in [0.2, 0.25) is 0 Å². The van der Waals surface area contributed by atoms with Crippen molar-refractivity contribution in [1.29, 1.82) is 0 Å². The summed E-state index contributed by atoms with van der Waals surface area (Å²) in [5.41, 5.74) is 18.2. The Hall–Kier alpha value is -10.9.